The highest BCUT2D eigenvalue weighted by Gasteiger charge is 2.37. The number of nitrogens with one attached hydrogen (secondary N) is 1. The Bertz CT molecular complexity index is 605. The quantitative estimate of drug-likeness (QED) is 0.865. The molecule has 2 aromatic rings. The lowest BCUT2D eigenvalue weighted by Gasteiger charge is -2.15. The molecule has 3 atom stereocenters. The highest BCUT2D eigenvalue weighted by molar-refractivity contribution is 5.82. The number of ether oxygens (including phenoxy) is 1. The summed E-state index contributed by atoms with van der Waals surface area (Å²) < 4.78 is 21.1. The zero-order chi connectivity index (χ0) is 14.1. The molecule has 2 aromatic heterocycles. The minimum Gasteiger partial charge on any atom is -0.394 e. The lowest BCUT2D eigenvalue weighted by atomic mass is 10.2. The van der Waals surface area contributed by atoms with Gasteiger partial charge in [-0.25, -0.2) is 19.3 Å². The van der Waals surface area contributed by atoms with Gasteiger partial charge >= 0.3 is 0 Å². The Morgan fingerprint density at radius 2 is 2.35 bits per heavy atom. The van der Waals surface area contributed by atoms with Crippen molar-refractivity contribution in [2.24, 2.45) is 0 Å². The fourth-order valence-electron chi connectivity index (χ4n) is 2.40. The zero-order valence-corrected chi connectivity index (χ0v) is 11.0. The highest BCUT2D eigenvalue weighted by Crippen LogP contribution is 2.33. The molecule has 108 valence electrons. The second kappa shape index (κ2) is 5.29. The molecule has 1 saturated heterocycles. The van der Waals surface area contributed by atoms with Gasteiger partial charge < -0.3 is 15.2 Å². The molecule has 1 aliphatic rings. The number of hydrogen-bond acceptors (Lipinski definition) is 6. The molecule has 0 unspecified atom stereocenters. The summed E-state index contributed by atoms with van der Waals surface area (Å²) in [6.07, 6.45) is 0.596. The van der Waals surface area contributed by atoms with Crippen molar-refractivity contribution in [1.29, 1.82) is 0 Å². The molecule has 0 radical (unpaired) electrons. The van der Waals surface area contributed by atoms with E-state index in [9.17, 15) is 4.39 Å². The SMILES string of the molecule is CCNc1ncnc2c1ncn2[C@@H]1O[C@H](CO)C[C@@H]1F. The van der Waals surface area contributed by atoms with Gasteiger partial charge in [-0.3, -0.25) is 4.57 Å². The summed E-state index contributed by atoms with van der Waals surface area (Å²) in [6, 6.07) is 0. The Hall–Kier alpha value is -1.80. The summed E-state index contributed by atoms with van der Waals surface area (Å²) in [4.78, 5) is 12.5. The fourth-order valence-corrected chi connectivity index (χ4v) is 2.40. The van der Waals surface area contributed by atoms with Crippen LogP contribution in [-0.2, 0) is 4.74 Å². The number of aliphatic hydroxyl groups is 1. The minimum absolute atomic E-state index is 0.173. The summed E-state index contributed by atoms with van der Waals surface area (Å²) in [6.45, 7) is 2.47. The molecule has 0 aromatic carbocycles. The summed E-state index contributed by atoms with van der Waals surface area (Å²) in [5.41, 5.74) is 1.10. The first-order valence-corrected chi connectivity index (χ1v) is 6.56. The van der Waals surface area contributed by atoms with Gasteiger partial charge in [0.25, 0.3) is 0 Å². The van der Waals surface area contributed by atoms with Gasteiger partial charge in [0.2, 0.25) is 0 Å². The maximum absolute atomic E-state index is 14.0. The maximum atomic E-state index is 14.0. The van der Waals surface area contributed by atoms with Gasteiger partial charge in [0.1, 0.15) is 12.5 Å². The third-order valence-electron chi connectivity index (χ3n) is 3.31. The van der Waals surface area contributed by atoms with Crippen molar-refractivity contribution in [1.82, 2.24) is 19.5 Å². The van der Waals surface area contributed by atoms with Gasteiger partial charge in [0.15, 0.2) is 23.2 Å². The second-order valence-electron chi connectivity index (χ2n) is 4.66. The smallest absolute Gasteiger partial charge is 0.168 e. The van der Waals surface area contributed by atoms with Crippen molar-refractivity contribution in [2.75, 3.05) is 18.5 Å². The van der Waals surface area contributed by atoms with Crippen molar-refractivity contribution >= 4 is 17.0 Å². The van der Waals surface area contributed by atoms with Crippen LogP contribution in [0.3, 0.4) is 0 Å². The number of fused-ring (bicyclic) bond motifs is 1. The number of imidazole rings is 1. The average molecular weight is 281 g/mol. The van der Waals surface area contributed by atoms with Crippen molar-refractivity contribution < 1.29 is 14.2 Å². The number of nitrogens with zero attached hydrogens (tertiary/aromatic N) is 4. The van der Waals surface area contributed by atoms with E-state index in [1.165, 1.54) is 12.7 Å². The summed E-state index contributed by atoms with van der Waals surface area (Å²) >= 11 is 0. The summed E-state index contributed by atoms with van der Waals surface area (Å²) in [7, 11) is 0. The number of hydrogen-bond donors (Lipinski definition) is 2. The zero-order valence-electron chi connectivity index (χ0n) is 11.0. The van der Waals surface area contributed by atoms with Crippen LogP contribution in [0.25, 0.3) is 11.2 Å². The number of aromatic nitrogens is 4. The third-order valence-corrected chi connectivity index (χ3v) is 3.31. The molecule has 0 aliphatic carbocycles. The third kappa shape index (κ3) is 2.10. The van der Waals surface area contributed by atoms with Gasteiger partial charge in [0.05, 0.1) is 19.0 Å². The minimum atomic E-state index is -1.19. The van der Waals surface area contributed by atoms with Gasteiger partial charge in [-0.05, 0) is 6.92 Å². The Morgan fingerprint density at radius 1 is 1.50 bits per heavy atom. The van der Waals surface area contributed by atoms with Crippen LogP contribution in [0.2, 0.25) is 0 Å². The van der Waals surface area contributed by atoms with Gasteiger partial charge in [-0.15, -0.1) is 0 Å². The molecule has 3 heterocycles. The largest absolute Gasteiger partial charge is 0.394 e. The van der Waals surface area contributed by atoms with Crippen LogP contribution in [0.15, 0.2) is 12.7 Å². The van der Waals surface area contributed by atoms with Crippen molar-refractivity contribution in [2.45, 2.75) is 31.8 Å². The molecule has 1 fully saturated rings. The van der Waals surface area contributed by atoms with Gasteiger partial charge in [-0.2, -0.15) is 0 Å². The molecular formula is C12H16FN5O2. The van der Waals surface area contributed by atoms with Crippen LogP contribution in [-0.4, -0.2) is 50.1 Å². The van der Waals surface area contributed by atoms with E-state index in [4.69, 9.17) is 9.84 Å². The Balaban J connectivity index is 1.99. The van der Waals surface area contributed by atoms with Crippen molar-refractivity contribution in [3.63, 3.8) is 0 Å². The topological polar surface area (TPSA) is 85.1 Å². The van der Waals surface area contributed by atoms with E-state index in [1.54, 1.807) is 4.57 Å². The molecule has 3 rings (SSSR count). The molecule has 7 nitrogen and oxygen atoms in total. The number of aliphatic hydroxyl groups excluding tert-OH is 1. The van der Waals surface area contributed by atoms with Gasteiger partial charge in [-0.1, -0.05) is 0 Å². The van der Waals surface area contributed by atoms with Crippen LogP contribution in [0, 0.1) is 0 Å². The van der Waals surface area contributed by atoms with Crippen LogP contribution in [0.4, 0.5) is 10.2 Å². The number of alkyl halides is 1. The molecule has 0 spiro atoms. The van der Waals surface area contributed by atoms with E-state index in [0.717, 1.165) is 0 Å². The van der Waals surface area contributed by atoms with Crippen LogP contribution >= 0.6 is 0 Å². The Kier molecular flexibility index (Phi) is 3.49. The maximum Gasteiger partial charge on any atom is 0.168 e. The van der Waals surface area contributed by atoms with Gasteiger partial charge in [0, 0.05) is 13.0 Å². The number of anilines is 1. The van der Waals surface area contributed by atoms with E-state index < -0.39 is 18.5 Å². The lowest BCUT2D eigenvalue weighted by molar-refractivity contribution is -0.0351. The predicted molar refractivity (Wildman–Crippen MR) is 70.0 cm³/mol. The first kappa shape index (κ1) is 13.2. The molecule has 2 N–H and O–H groups in total. The molecule has 0 saturated carbocycles. The molecular weight excluding hydrogens is 265 g/mol. The molecule has 0 amide bonds. The summed E-state index contributed by atoms with van der Waals surface area (Å²) in [5, 5.41) is 12.2. The van der Waals surface area contributed by atoms with E-state index in [0.29, 0.717) is 23.5 Å². The number of rotatable bonds is 4. The van der Waals surface area contributed by atoms with Crippen molar-refractivity contribution in [3.05, 3.63) is 12.7 Å². The molecule has 8 heteroatoms. The van der Waals surface area contributed by atoms with Crippen LogP contribution in [0.5, 0.6) is 0 Å². The Labute approximate surface area is 114 Å². The molecule has 0 bridgehead atoms. The molecule has 1 aliphatic heterocycles. The van der Waals surface area contributed by atoms with Crippen LogP contribution in [0.1, 0.15) is 19.6 Å². The number of halogens is 1. The van der Waals surface area contributed by atoms with E-state index in [2.05, 4.69) is 20.3 Å². The Morgan fingerprint density at radius 3 is 3.05 bits per heavy atom. The highest BCUT2D eigenvalue weighted by atomic mass is 19.1. The first-order chi connectivity index (χ1) is 9.74. The van der Waals surface area contributed by atoms with Crippen LogP contribution < -0.4 is 5.32 Å². The van der Waals surface area contributed by atoms with E-state index >= 15 is 0 Å². The molecule has 20 heavy (non-hydrogen) atoms. The van der Waals surface area contributed by atoms with E-state index in [1.807, 2.05) is 6.92 Å². The monoisotopic (exact) mass is 281 g/mol. The normalized spacial score (nSPS) is 26.2. The average Bonchev–Trinajstić information content (AvgIpc) is 3.03. The van der Waals surface area contributed by atoms with Crippen molar-refractivity contribution in [3.8, 4) is 0 Å². The standard InChI is InChI=1S/C12H16FN5O2/c1-2-14-10-9-11(16-5-15-10)18(6-17-9)12-8(13)3-7(4-19)20-12/h5-8,12,19H,2-4H2,1H3,(H,14,15,16)/t7-,8-,12+/m0/s1. The second-order valence-corrected chi connectivity index (χ2v) is 4.66. The first-order valence-electron chi connectivity index (χ1n) is 6.56. The lowest BCUT2D eigenvalue weighted by Crippen LogP contribution is -2.17. The summed E-state index contributed by atoms with van der Waals surface area (Å²) in [5.74, 6) is 0.614. The van der Waals surface area contributed by atoms with E-state index in [-0.39, 0.29) is 13.0 Å². The predicted octanol–water partition coefficient (Wildman–Crippen LogP) is 0.876. The fraction of sp³-hybridized carbons (Fsp3) is 0.583.